The second-order valence-electron chi connectivity index (χ2n) is 18.5. The number of hydrogen-bond acceptors (Lipinski definition) is 6. The summed E-state index contributed by atoms with van der Waals surface area (Å²) in [7, 11) is 0. The minimum absolute atomic E-state index is 0.0711. The van der Waals surface area contributed by atoms with Crippen molar-refractivity contribution in [3.8, 4) is 0 Å². The topological polar surface area (TPSA) is 78.9 Å². The number of hydrogen-bond donors (Lipinski definition) is 0. The normalized spacial score (nSPS) is 12.2. The quantitative estimate of drug-likeness (QED) is 0.0262. The molecule has 1 atom stereocenters. The van der Waals surface area contributed by atoms with Gasteiger partial charge in [0.2, 0.25) is 0 Å². The number of rotatable bonds is 50. The molecule has 0 rings (SSSR count). The van der Waals surface area contributed by atoms with Gasteiger partial charge in [0.15, 0.2) is 6.10 Å². The van der Waals surface area contributed by atoms with E-state index in [1.165, 1.54) is 173 Å². The maximum Gasteiger partial charge on any atom is 0.306 e. The van der Waals surface area contributed by atoms with E-state index in [0.717, 1.165) is 77.0 Å². The number of carbonyl (C=O) groups excluding carboxylic acids is 3. The molecule has 0 saturated heterocycles. The predicted octanol–water partition coefficient (Wildman–Crippen LogP) is 18.1. The zero-order chi connectivity index (χ0) is 45.8. The van der Waals surface area contributed by atoms with Gasteiger partial charge in [0.1, 0.15) is 13.2 Å². The average molecular weight is 885 g/mol. The van der Waals surface area contributed by atoms with Crippen molar-refractivity contribution in [2.45, 2.75) is 297 Å². The number of unbranched alkanes of at least 4 members (excludes halogenated alkanes) is 33. The molecular weight excluding hydrogens is 781 g/mol. The van der Waals surface area contributed by atoms with Gasteiger partial charge in [-0.05, 0) is 57.8 Å². The van der Waals surface area contributed by atoms with E-state index in [1.807, 2.05) is 0 Å². The second kappa shape index (κ2) is 52.3. The first-order valence-corrected chi connectivity index (χ1v) is 27.5. The zero-order valence-electron chi connectivity index (χ0n) is 42.1. The van der Waals surface area contributed by atoms with Crippen molar-refractivity contribution in [3.63, 3.8) is 0 Å². The number of allylic oxidation sites excluding steroid dienone is 6. The Balaban J connectivity index is 4.07. The first-order chi connectivity index (χ1) is 31.0. The molecule has 0 saturated carbocycles. The molecule has 0 aliphatic rings. The van der Waals surface area contributed by atoms with Crippen molar-refractivity contribution in [2.24, 2.45) is 0 Å². The average Bonchev–Trinajstić information content (AvgIpc) is 3.28. The van der Waals surface area contributed by atoms with Gasteiger partial charge in [0, 0.05) is 19.3 Å². The van der Waals surface area contributed by atoms with Crippen molar-refractivity contribution >= 4 is 17.9 Å². The molecule has 0 radical (unpaired) electrons. The molecule has 6 heteroatoms. The van der Waals surface area contributed by atoms with Crippen molar-refractivity contribution in [1.82, 2.24) is 0 Å². The molecular formula is C57H104O6. The van der Waals surface area contributed by atoms with Gasteiger partial charge in [0.05, 0.1) is 0 Å². The summed E-state index contributed by atoms with van der Waals surface area (Å²) in [4.78, 5) is 37.7. The molecule has 0 aromatic heterocycles. The van der Waals surface area contributed by atoms with Crippen LogP contribution in [0.2, 0.25) is 0 Å². The highest BCUT2D eigenvalue weighted by atomic mass is 16.6. The second-order valence-corrected chi connectivity index (χ2v) is 18.5. The molecule has 0 aliphatic heterocycles. The maximum absolute atomic E-state index is 12.7. The lowest BCUT2D eigenvalue weighted by molar-refractivity contribution is -0.167. The van der Waals surface area contributed by atoms with Gasteiger partial charge in [-0.15, -0.1) is 0 Å². The number of carbonyl (C=O) groups is 3. The van der Waals surface area contributed by atoms with Gasteiger partial charge in [0.25, 0.3) is 0 Å². The Labute approximate surface area is 391 Å². The van der Waals surface area contributed by atoms with Gasteiger partial charge in [-0.3, -0.25) is 14.4 Å². The molecule has 1 unspecified atom stereocenters. The molecule has 63 heavy (non-hydrogen) atoms. The molecule has 6 nitrogen and oxygen atoms in total. The highest BCUT2D eigenvalue weighted by Crippen LogP contribution is 2.16. The summed E-state index contributed by atoms with van der Waals surface area (Å²) in [5.41, 5.74) is 0. The lowest BCUT2D eigenvalue weighted by atomic mass is 10.0. The summed E-state index contributed by atoms with van der Waals surface area (Å²) in [5.74, 6) is -0.876. The smallest absolute Gasteiger partial charge is 0.306 e. The van der Waals surface area contributed by atoms with Crippen LogP contribution in [-0.4, -0.2) is 37.2 Å². The van der Waals surface area contributed by atoms with Crippen molar-refractivity contribution in [3.05, 3.63) is 36.5 Å². The summed E-state index contributed by atoms with van der Waals surface area (Å²) in [5, 5.41) is 0. The lowest BCUT2D eigenvalue weighted by Gasteiger charge is -2.18. The first kappa shape index (κ1) is 60.6. The van der Waals surface area contributed by atoms with Gasteiger partial charge in [-0.1, -0.05) is 250 Å². The SMILES string of the molecule is CCCCCCC/C=C\C/C=C\C/C=C\CCCCCCCCCCCCC(=O)OCC(COC(=O)CCCCCCC)OC(=O)CCCCCCCCCCCCCCCCC. The third-order valence-corrected chi connectivity index (χ3v) is 12.1. The molecule has 0 aromatic rings. The Morgan fingerprint density at radius 1 is 0.317 bits per heavy atom. The van der Waals surface area contributed by atoms with Gasteiger partial charge in [-0.2, -0.15) is 0 Å². The summed E-state index contributed by atoms with van der Waals surface area (Å²) in [6.45, 7) is 6.57. The molecule has 0 N–H and O–H groups in total. The highest BCUT2D eigenvalue weighted by Gasteiger charge is 2.19. The molecule has 0 spiro atoms. The van der Waals surface area contributed by atoms with E-state index in [2.05, 4.69) is 57.2 Å². The summed E-state index contributed by atoms with van der Waals surface area (Å²) >= 11 is 0. The number of ether oxygens (including phenoxy) is 3. The molecule has 0 amide bonds. The molecule has 0 bridgehead atoms. The maximum atomic E-state index is 12.7. The third-order valence-electron chi connectivity index (χ3n) is 12.1. The van der Waals surface area contributed by atoms with Crippen LogP contribution in [0.1, 0.15) is 290 Å². The fraction of sp³-hybridized carbons (Fsp3) is 0.842. The minimum atomic E-state index is -0.766. The third kappa shape index (κ3) is 50.5. The van der Waals surface area contributed by atoms with Crippen LogP contribution in [0.5, 0.6) is 0 Å². The van der Waals surface area contributed by atoms with Crippen LogP contribution in [-0.2, 0) is 28.6 Å². The lowest BCUT2D eigenvalue weighted by Crippen LogP contribution is -2.30. The van der Waals surface area contributed by atoms with Gasteiger partial charge < -0.3 is 14.2 Å². The standard InChI is InChI=1S/C57H104O6/c1-4-7-10-13-15-17-19-21-23-24-25-26-27-28-29-30-31-32-34-35-37-39-41-44-47-50-56(59)62-53-54(52-61-55(58)49-46-43-12-9-6-3)63-57(60)51-48-45-42-40-38-36-33-22-20-18-16-14-11-8-5-2/h19,21,24-25,27-28,54H,4-18,20,22-23,26,29-53H2,1-3H3/b21-19-,25-24-,28-27-. The fourth-order valence-corrected chi connectivity index (χ4v) is 7.98. The number of esters is 3. The molecule has 368 valence electrons. The van der Waals surface area contributed by atoms with Crippen molar-refractivity contribution < 1.29 is 28.6 Å². The Hall–Kier alpha value is -2.37. The van der Waals surface area contributed by atoms with E-state index < -0.39 is 6.10 Å². The predicted molar refractivity (Wildman–Crippen MR) is 270 cm³/mol. The Bertz CT molecular complexity index is 1060. The Morgan fingerprint density at radius 3 is 0.889 bits per heavy atom. The Morgan fingerprint density at radius 2 is 0.571 bits per heavy atom. The zero-order valence-corrected chi connectivity index (χ0v) is 42.1. The van der Waals surface area contributed by atoms with Crippen LogP contribution in [0, 0.1) is 0 Å². The minimum Gasteiger partial charge on any atom is -0.462 e. The van der Waals surface area contributed by atoms with E-state index in [9.17, 15) is 14.4 Å². The Kier molecular flexibility index (Phi) is 50.3. The molecule has 0 heterocycles. The van der Waals surface area contributed by atoms with E-state index in [1.54, 1.807) is 0 Å². The summed E-state index contributed by atoms with van der Waals surface area (Å²) in [6, 6.07) is 0. The monoisotopic (exact) mass is 885 g/mol. The summed E-state index contributed by atoms with van der Waals surface area (Å²) < 4.78 is 16.7. The van der Waals surface area contributed by atoms with Gasteiger partial charge >= 0.3 is 17.9 Å². The van der Waals surface area contributed by atoms with Crippen LogP contribution >= 0.6 is 0 Å². The van der Waals surface area contributed by atoms with Crippen LogP contribution in [0.15, 0.2) is 36.5 Å². The molecule has 0 aromatic carbocycles. The van der Waals surface area contributed by atoms with E-state index >= 15 is 0 Å². The van der Waals surface area contributed by atoms with E-state index in [0.29, 0.717) is 19.3 Å². The molecule has 0 aliphatic carbocycles. The van der Waals surface area contributed by atoms with Gasteiger partial charge in [-0.25, -0.2) is 0 Å². The largest absolute Gasteiger partial charge is 0.462 e. The van der Waals surface area contributed by atoms with Crippen molar-refractivity contribution in [2.75, 3.05) is 13.2 Å². The van der Waals surface area contributed by atoms with Crippen molar-refractivity contribution in [1.29, 1.82) is 0 Å². The van der Waals surface area contributed by atoms with E-state index in [-0.39, 0.29) is 31.1 Å². The fourth-order valence-electron chi connectivity index (χ4n) is 7.98. The van der Waals surface area contributed by atoms with E-state index in [4.69, 9.17) is 14.2 Å². The van der Waals surface area contributed by atoms with Crippen LogP contribution in [0.3, 0.4) is 0 Å². The molecule has 0 fully saturated rings. The first-order valence-electron chi connectivity index (χ1n) is 27.5. The highest BCUT2D eigenvalue weighted by molar-refractivity contribution is 5.71. The van der Waals surface area contributed by atoms with Crippen LogP contribution in [0.4, 0.5) is 0 Å². The van der Waals surface area contributed by atoms with Crippen LogP contribution in [0.25, 0.3) is 0 Å². The summed E-state index contributed by atoms with van der Waals surface area (Å²) in [6.07, 6.45) is 61.7. The van der Waals surface area contributed by atoms with Crippen LogP contribution < -0.4 is 0 Å².